The lowest BCUT2D eigenvalue weighted by Gasteiger charge is -2.11. The van der Waals surface area contributed by atoms with Crippen molar-refractivity contribution in [3.63, 3.8) is 0 Å². The number of carbonyl (C=O) groups excluding carboxylic acids is 1. The van der Waals surface area contributed by atoms with Gasteiger partial charge in [0.2, 0.25) is 0 Å². The first-order valence-electron chi connectivity index (χ1n) is 4.45. The molecule has 0 aliphatic heterocycles. The first-order chi connectivity index (χ1) is 7.13. The molecule has 1 nitrogen and oxygen atoms in total. The lowest BCUT2D eigenvalue weighted by atomic mass is 10.1. The smallest absolute Gasteiger partial charge is 0.159 e. The molecule has 0 aliphatic rings. The van der Waals surface area contributed by atoms with Gasteiger partial charge in [-0.05, 0) is 37.8 Å². The van der Waals surface area contributed by atoms with E-state index in [1.54, 1.807) is 42.2 Å². The highest BCUT2D eigenvalue weighted by Crippen LogP contribution is 2.37. The van der Waals surface area contributed by atoms with Gasteiger partial charge >= 0.3 is 0 Å². The van der Waals surface area contributed by atoms with Crippen molar-refractivity contribution in [2.45, 2.75) is 21.6 Å². The maximum absolute atomic E-state index is 11.4. The van der Waals surface area contributed by atoms with Crippen molar-refractivity contribution < 1.29 is 4.79 Å². The lowest BCUT2D eigenvalue weighted by molar-refractivity contribution is 0.101. The van der Waals surface area contributed by atoms with Crippen LogP contribution in [0.3, 0.4) is 0 Å². The second-order valence-electron chi connectivity index (χ2n) is 2.97. The summed E-state index contributed by atoms with van der Waals surface area (Å²) in [5.74, 6) is 0.133. The molecule has 0 atom stereocenters. The van der Waals surface area contributed by atoms with Crippen LogP contribution in [0.25, 0.3) is 0 Å². The Bertz CT molecular complexity index is 349. The fraction of sp³-hybridized carbons (Fsp3) is 0.364. The highest BCUT2D eigenvalue weighted by molar-refractivity contribution is 8.03. The predicted octanol–water partition coefficient (Wildman–Crippen LogP) is 4.05. The van der Waals surface area contributed by atoms with Crippen LogP contribution in [-0.2, 0) is 0 Å². The molecule has 0 fully saturated rings. The molecule has 0 radical (unpaired) electrons. The van der Waals surface area contributed by atoms with Crippen LogP contribution in [0.4, 0.5) is 0 Å². The van der Waals surface area contributed by atoms with E-state index in [1.165, 1.54) is 14.7 Å². The summed E-state index contributed by atoms with van der Waals surface area (Å²) in [5, 5.41) is 0. The van der Waals surface area contributed by atoms with E-state index in [-0.39, 0.29) is 5.78 Å². The van der Waals surface area contributed by atoms with Crippen molar-refractivity contribution in [3.05, 3.63) is 17.7 Å². The Labute approximate surface area is 104 Å². The van der Waals surface area contributed by atoms with E-state index >= 15 is 0 Å². The zero-order valence-corrected chi connectivity index (χ0v) is 11.7. The molecule has 0 unspecified atom stereocenters. The van der Waals surface area contributed by atoms with Gasteiger partial charge in [0.1, 0.15) is 0 Å². The Kier molecular flexibility index (Phi) is 5.09. The highest BCUT2D eigenvalue weighted by atomic mass is 32.2. The van der Waals surface area contributed by atoms with E-state index in [1.807, 2.05) is 24.6 Å². The van der Waals surface area contributed by atoms with Crippen molar-refractivity contribution in [2.24, 2.45) is 0 Å². The number of hydrogen-bond acceptors (Lipinski definition) is 4. The van der Waals surface area contributed by atoms with Gasteiger partial charge in [0.05, 0.1) is 0 Å². The molecule has 15 heavy (non-hydrogen) atoms. The second-order valence-corrected chi connectivity index (χ2v) is 5.48. The fourth-order valence-corrected chi connectivity index (χ4v) is 3.95. The van der Waals surface area contributed by atoms with Crippen LogP contribution in [0.15, 0.2) is 26.8 Å². The van der Waals surface area contributed by atoms with Crippen LogP contribution in [0.5, 0.6) is 0 Å². The molecule has 0 saturated carbocycles. The molecule has 1 aromatic carbocycles. The third-order valence-electron chi connectivity index (χ3n) is 2.07. The largest absolute Gasteiger partial charge is 0.295 e. The number of hydrogen-bond donors (Lipinski definition) is 0. The molecule has 1 aromatic rings. The molecule has 0 saturated heterocycles. The van der Waals surface area contributed by atoms with Crippen molar-refractivity contribution >= 4 is 41.1 Å². The van der Waals surface area contributed by atoms with E-state index in [0.717, 1.165) is 5.56 Å². The zero-order valence-electron chi connectivity index (χ0n) is 9.29. The van der Waals surface area contributed by atoms with Gasteiger partial charge in [-0.25, -0.2) is 0 Å². The molecule has 4 heteroatoms. The van der Waals surface area contributed by atoms with Gasteiger partial charge in [-0.2, -0.15) is 0 Å². The minimum atomic E-state index is 0.133. The maximum atomic E-state index is 11.4. The van der Waals surface area contributed by atoms with Gasteiger partial charge in [-0.3, -0.25) is 4.79 Å². The zero-order chi connectivity index (χ0) is 11.4. The number of rotatable bonds is 4. The molecule has 0 aromatic heterocycles. The summed E-state index contributed by atoms with van der Waals surface area (Å²) < 4.78 is 0. The molecule has 0 N–H and O–H groups in total. The van der Waals surface area contributed by atoms with Crippen molar-refractivity contribution in [3.8, 4) is 0 Å². The normalized spacial score (nSPS) is 10.4. The molecule has 0 amide bonds. The van der Waals surface area contributed by atoms with Crippen LogP contribution >= 0.6 is 35.3 Å². The monoisotopic (exact) mass is 258 g/mol. The molecule has 1 rings (SSSR count). The third kappa shape index (κ3) is 2.95. The van der Waals surface area contributed by atoms with Crippen LogP contribution in [0.2, 0.25) is 0 Å². The van der Waals surface area contributed by atoms with Gasteiger partial charge < -0.3 is 0 Å². The van der Waals surface area contributed by atoms with E-state index < -0.39 is 0 Å². The van der Waals surface area contributed by atoms with Gasteiger partial charge in [0, 0.05) is 20.2 Å². The minimum Gasteiger partial charge on any atom is -0.295 e. The molecule has 0 heterocycles. The maximum Gasteiger partial charge on any atom is 0.159 e. The second kappa shape index (κ2) is 5.87. The fourth-order valence-electron chi connectivity index (χ4n) is 1.28. The van der Waals surface area contributed by atoms with Crippen LogP contribution < -0.4 is 0 Å². The van der Waals surface area contributed by atoms with E-state index in [4.69, 9.17) is 0 Å². The molecule has 0 aliphatic carbocycles. The Morgan fingerprint density at radius 1 is 1.00 bits per heavy atom. The summed E-state index contributed by atoms with van der Waals surface area (Å²) in [6.07, 6.45) is 6.16. The summed E-state index contributed by atoms with van der Waals surface area (Å²) in [4.78, 5) is 15.0. The lowest BCUT2D eigenvalue weighted by Crippen LogP contribution is -1.95. The Morgan fingerprint density at radius 2 is 1.47 bits per heavy atom. The average Bonchev–Trinajstić information content (AvgIpc) is 2.26. The van der Waals surface area contributed by atoms with Crippen LogP contribution in [-0.4, -0.2) is 24.6 Å². The molecular formula is C11H14OS3. The van der Waals surface area contributed by atoms with Gasteiger partial charge in [-0.15, -0.1) is 35.3 Å². The van der Waals surface area contributed by atoms with E-state index in [0.29, 0.717) is 0 Å². The number of carbonyl (C=O) groups is 1. The third-order valence-corrected chi connectivity index (χ3v) is 4.70. The average molecular weight is 258 g/mol. The molecular weight excluding hydrogens is 244 g/mol. The molecule has 82 valence electrons. The Morgan fingerprint density at radius 3 is 1.73 bits per heavy atom. The summed E-state index contributed by atoms with van der Waals surface area (Å²) in [5.41, 5.74) is 0.807. The first kappa shape index (κ1) is 13.0. The van der Waals surface area contributed by atoms with Crippen LogP contribution in [0.1, 0.15) is 17.3 Å². The summed E-state index contributed by atoms with van der Waals surface area (Å²) in [6.45, 7) is 1.61. The van der Waals surface area contributed by atoms with E-state index in [2.05, 4.69) is 6.26 Å². The van der Waals surface area contributed by atoms with Crippen molar-refractivity contribution in [1.29, 1.82) is 0 Å². The highest BCUT2D eigenvalue weighted by Gasteiger charge is 2.11. The summed E-state index contributed by atoms with van der Waals surface area (Å²) >= 11 is 5.13. The van der Waals surface area contributed by atoms with Gasteiger partial charge in [-0.1, -0.05) is 0 Å². The Hall–Kier alpha value is -0.0600. The van der Waals surface area contributed by atoms with Gasteiger partial charge in [0.25, 0.3) is 0 Å². The molecule has 0 spiro atoms. The SMILES string of the molecule is CSc1cc(C(C)=O)cc(SC)c1SC. The summed E-state index contributed by atoms with van der Waals surface area (Å²) in [7, 11) is 0. The Balaban J connectivity index is 3.35. The van der Waals surface area contributed by atoms with Gasteiger partial charge in [0.15, 0.2) is 5.78 Å². The predicted molar refractivity (Wildman–Crippen MR) is 71.8 cm³/mol. The van der Waals surface area contributed by atoms with Crippen molar-refractivity contribution in [2.75, 3.05) is 18.8 Å². The summed E-state index contributed by atoms with van der Waals surface area (Å²) in [6, 6.07) is 3.97. The molecule has 0 bridgehead atoms. The van der Waals surface area contributed by atoms with Crippen LogP contribution in [0, 0.1) is 0 Å². The van der Waals surface area contributed by atoms with E-state index in [9.17, 15) is 4.79 Å². The van der Waals surface area contributed by atoms with Crippen molar-refractivity contribution in [1.82, 2.24) is 0 Å². The minimum absolute atomic E-state index is 0.133. The standard InChI is InChI=1S/C11H14OS3/c1-7(12)8-5-9(13-2)11(15-4)10(6-8)14-3/h5-6H,1-4H3. The first-order valence-corrected chi connectivity index (χ1v) is 8.12. The number of ketones is 1. The number of Topliss-reactive ketones (excluding diaryl/α,β-unsaturated/α-hetero) is 1. The number of benzene rings is 1. The topological polar surface area (TPSA) is 17.1 Å². The number of thioether (sulfide) groups is 3. The quantitative estimate of drug-likeness (QED) is 0.598.